The smallest absolute Gasteiger partial charge is 0.416 e. The molecule has 1 atom stereocenters. The van der Waals surface area contributed by atoms with Crippen molar-refractivity contribution in [1.29, 1.82) is 0 Å². The average Bonchev–Trinajstić information content (AvgIpc) is 2.95. The lowest BCUT2D eigenvalue weighted by atomic mass is 9.94. The Hall–Kier alpha value is -3.45. The van der Waals surface area contributed by atoms with Crippen molar-refractivity contribution < 1.29 is 22.7 Å². The summed E-state index contributed by atoms with van der Waals surface area (Å²) in [5.74, 6) is -0.485. The Labute approximate surface area is 183 Å². The zero-order valence-electron chi connectivity index (χ0n) is 17.3. The van der Waals surface area contributed by atoms with Crippen LogP contribution in [0.4, 0.5) is 13.2 Å². The van der Waals surface area contributed by atoms with Gasteiger partial charge in [0.05, 0.1) is 12.2 Å². The molecule has 0 fully saturated rings. The first-order valence-electron chi connectivity index (χ1n) is 10.2. The van der Waals surface area contributed by atoms with Crippen molar-refractivity contribution >= 4 is 11.8 Å². The van der Waals surface area contributed by atoms with Gasteiger partial charge in [0, 0.05) is 12.1 Å². The summed E-state index contributed by atoms with van der Waals surface area (Å²) in [6.45, 7) is 2.61. The largest absolute Gasteiger partial charge is 0.480 e. The molecule has 0 saturated heterocycles. The standard InChI is InChI=1S/C25H21F3N2O2/c1-2-32-24(30-23(31)16-11-13-18(14-12-16)25(26,27)28)22-21-10-6-5-9-20(21)19-8-4-3-7-17(19)15-29-22/h3-14,22,29H,2,15H2,1H3. The van der Waals surface area contributed by atoms with E-state index < -0.39 is 23.7 Å². The number of benzene rings is 3. The maximum Gasteiger partial charge on any atom is 0.416 e. The summed E-state index contributed by atoms with van der Waals surface area (Å²) in [6, 6.07) is 19.3. The van der Waals surface area contributed by atoms with E-state index in [-0.39, 0.29) is 18.1 Å². The summed E-state index contributed by atoms with van der Waals surface area (Å²) in [7, 11) is 0. The Morgan fingerprint density at radius 3 is 2.34 bits per heavy atom. The molecular weight excluding hydrogens is 417 g/mol. The van der Waals surface area contributed by atoms with Gasteiger partial charge in [-0.2, -0.15) is 18.2 Å². The highest BCUT2D eigenvalue weighted by Crippen LogP contribution is 2.35. The highest BCUT2D eigenvalue weighted by molar-refractivity contribution is 6.03. The summed E-state index contributed by atoms with van der Waals surface area (Å²) < 4.78 is 44.2. The summed E-state index contributed by atoms with van der Waals surface area (Å²) in [5, 5.41) is 3.41. The highest BCUT2D eigenvalue weighted by Gasteiger charge is 2.31. The third-order valence-electron chi connectivity index (χ3n) is 5.29. The fraction of sp³-hybridized carbons (Fsp3) is 0.200. The van der Waals surface area contributed by atoms with Gasteiger partial charge in [-0.1, -0.05) is 48.5 Å². The molecule has 0 aromatic heterocycles. The second-order valence-electron chi connectivity index (χ2n) is 7.32. The number of aliphatic imine (C=N–C) groups is 1. The van der Waals surface area contributed by atoms with Gasteiger partial charge in [-0.25, -0.2) is 0 Å². The summed E-state index contributed by atoms with van der Waals surface area (Å²) in [6.07, 6.45) is -4.47. The molecule has 1 N–H and O–H groups in total. The molecule has 7 heteroatoms. The average molecular weight is 438 g/mol. The number of amides is 1. The first kappa shape index (κ1) is 21.8. The van der Waals surface area contributed by atoms with Gasteiger partial charge < -0.3 is 4.74 Å². The quantitative estimate of drug-likeness (QED) is 0.416. The van der Waals surface area contributed by atoms with Crippen LogP contribution in [0.2, 0.25) is 0 Å². The maximum atomic E-state index is 12.8. The molecule has 1 heterocycles. The van der Waals surface area contributed by atoms with Crippen molar-refractivity contribution in [2.24, 2.45) is 4.99 Å². The van der Waals surface area contributed by atoms with Crippen molar-refractivity contribution in [1.82, 2.24) is 5.32 Å². The Balaban J connectivity index is 1.71. The van der Waals surface area contributed by atoms with Gasteiger partial charge in [0.15, 0.2) is 0 Å². The Kier molecular flexibility index (Phi) is 6.10. The number of carbonyl (C=O) groups excluding carboxylic acids is 1. The minimum atomic E-state index is -4.47. The number of ether oxygens (including phenoxy) is 1. The number of nitrogens with zero attached hydrogens (tertiary/aromatic N) is 1. The molecule has 1 unspecified atom stereocenters. The number of fused-ring (bicyclic) bond motifs is 3. The Bertz CT molecular complexity index is 1150. The van der Waals surface area contributed by atoms with Gasteiger partial charge >= 0.3 is 6.18 Å². The van der Waals surface area contributed by atoms with Crippen molar-refractivity contribution in [3.63, 3.8) is 0 Å². The van der Waals surface area contributed by atoms with Crippen LogP contribution in [0.15, 0.2) is 77.8 Å². The van der Waals surface area contributed by atoms with Gasteiger partial charge in [0.2, 0.25) is 5.90 Å². The monoisotopic (exact) mass is 438 g/mol. The molecule has 32 heavy (non-hydrogen) atoms. The first-order chi connectivity index (χ1) is 15.4. The molecule has 164 valence electrons. The molecule has 3 aromatic carbocycles. The number of hydrogen-bond acceptors (Lipinski definition) is 3. The van der Waals surface area contributed by atoms with Crippen molar-refractivity contribution in [3.05, 3.63) is 95.1 Å². The van der Waals surface area contributed by atoms with E-state index >= 15 is 0 Å². The van der Waals surface area contributed by atoms with Crippen LogP contribution in [-0.2, 0) is 17.5 Å². The van der Waals surface area contributed by atoms with E-state index in [9.17, 15) is 18.0 Å². The number of hydrogen-bond donors (Lipinski definition) is 1. The maximum absolute atomic E-state index is 12.8. The number of carbonyl (C=O) groups is 1. The van der Waals surface area contributed by atoms with E-state index in [1.54, 1.807) is 6.92 Å². The molecule has 1 aliphatic rings. The molecular formula is C25H21F3N2O2. The molecule has 4 nitrogen and oxygen atoms in total. The van der Waals surface area contributed by atoms with E-state index in [2.05, 4.69) is 10.3 Å². The Morgan fingerprint density at radius 2 is 1.66 bits per heavy atom. The second-order valence-corrected chi connectivity index (χ2v) is 7.32. The summed E-state index contributed by atoms with van der Waals surface area (Å²) in [4.78, 5) is 16.9. The van der Waals surface area contributed by atoms with Gasteiger partial charge in [0.25, 0.3) is 5.91 Å². The van der Waals surface area contributed by atoms with Gasteiger partial charge in [0.1, 0.15) is 6.04 Å². The van der Waals surface area contributed by atoms with Crippen molar-refractivity contribution in [3.8, 4) is 11.1 Å². The van der Waals surface area contributed by atoms with Crippen LogP contribution in [0.25, 0.3) is 11.1 Å². The zero-order valence-corrected chi connectivity index (χ0v) is 17.3. The molecule has 1 aliphatic heterocycles. The van der Waals surface area contributed by atoms with Crippen molar-refractivity contribution in [2.75, 3.05) is 6.61 Å². The number of halogens is 3. The minimum absolute atomic E-state index is 0.0559. The Morgan fingerprint density at radius 1 is 1.00 bits per heavy atom. The van der Waals surface area contributed by atoms with E-state index in [4.69, 9.17) is 4.74 Å². The third kappa shape index (κ3) is 4.43. The molecule has 3 aromatic rings. The van der Waals surface area contributed by atoms with Crippen LogP contribution in [0, 0.1) is 0 Å². The molecule has 0 saturated carbocycles. The van der Waals surface area contributed by atoms with Gasteiger partial charge in [-0.3, -0.25) is 10.1 Å². The van der Waals surface area contributed by atoms with Crippen LogP contribution < -0.4 is 5.32 Å². The second kappa shape index (κ2) is 8.96. The van der Waals surface area contributed by atoms with E-state index in [0.29, 0.717) is 6.54 Å². The normalized spacial score (nSPS) is 16.0. The van der Waals surface area contributed by atoms with Gasteiger partial charge in [-0.05, 0) is 53.4 Å². The lowest BCUT2D eigenvalue weighted by Gasteiger charge is -2.20. The minimum Gasteiger partial charge on any atom is -0.480 e. The highest BCUT2D eigenvalue weighted by atomic mass is 19.4. The molecule has 4 rings (SSSR count). The van der Waals surface area contributed by atoms with E-state index in [1.165, 1.54) is 0 Å². The van der Waals surface area contributed by atoms with Crippen LogP contribution in [0.1, 0.15) is 40.0 Å². The molecule has 0 spiro atoms. The topological polar surface area (TPSA) is 50.7 Å². The van der Waals surface area contributed by atoms with Crippen LogP contribution in [0.3, 0.4) is 0 Å². The summed E-state index contributed by atoms with van der Waals surface area (Å²) >= 11 is 0. The summed E-state index contributed by atoms with van der Waals surface area (Å²) in [5.41, 5.74) is 3.34. The molecule has 0 radical (unpaired) electrons. The number of rotatable bonds is 3. The number of alkyl halides is 3. The SMILES string of the molecule is CCOC(=NC(=O)c1ccc(C(F)(F)F)cc1)C1NCc2ccccc2-c2ccccc21. The fourth-order valence-corrected chi connectivity index (χ4v) is 3.77. The van der Waals surface area contributed by atoms with Crippen LogP contribution in [0.5, 0.6) is 0 Å². The lowest BCUT2D eigenvalue weighted by molar-refractivity contribution is -0.137. The number of nitrogens with one attached hydrogen (secondary N) is 1. The molecule has 1 amide bonds. The predicted molar refractivity (Wildman–Crippen MR) is 116 cm³/mol. The van der Waals surface area contributed by atoms with Crippen LogP contribution >= 0.6 is 0 Å². The van der Waals surface area contributed by atoms with E-state index in [1.807, 2.05) is 48.5 Å². The first-order valence-corrected chi connectivity index (χ1v) is 10.2. The fourth-order valence-electron chi connectivity index (χ4n) is 3.77. The van der Waals surface area contributed by atoms with Crippen LogP contribution in [-0.4, -0.2) is 18.4 Å². The van der Waals surface area contributed by atoms with Crippen molar-refractivity contribution in [2.45, 2.75) is 25.7 Å². The molecule has 0 bridgehead atoms. The lowest BCUT2D eigenvalue weighted by Crippen LogP contribution is -2.30. The van der Waals surface area contributed by atoms with E-state index in [0.717, 1.165) is 46.5 Å². The predicted octanol–water partition coefficient (Wildman–Crippen LogP) is 5.79. The van der Waals surface area contributed by atoms with Gasteiger partial charge in [-0.15, -0.1) is 0 Å². The third-order valence-corrected chi connectivity index (χ3v) is 5.29. The zero-order chi connectivity index (χ0) is 22.7. The molecule has 0 aliphatic carbocycles.